The molecule has 1 aliphatic heterocycles. The van der Waals surface area contributed by atoms with E-state index >= 15 is 0 Å². The molecule has 3 rings (SSSR count). The summed E-state index contributed by atoms with van der Waals surface area (Å²) in [7, 11) is 0. The highest BCUT2D eigenvalue weighted by Gasteiger charge is 2.45. The molecule has 6 N–H and O–H groups in total. The van der Waals surface area contributed by atoms with Gasteiger partial charge in [-0.05, 0) is 24.3 Å². The average molecular weight is 423 g/mol. The summed E-state index contributed by atoms with van der Waals surface area (Å²) >= 11 is 1.04. The summed E-state index contributed by atoms with van der Waals surface area (Å²) in [4.78, 5) is 27.6. The van der Waals surface area contributed by atoms with E-state index in [1.807, 2.05) is 0 Å². The Balaban J connectivity index is 1.69. The van der Waals surface area contributed by atoms with Crippen molar-refractivity contribution < 1.29 is 34.8 Å². The number of hydrogen-bond acceptors (Lipinski definition) is 9. The Kier molecular flexibility index (Phi) is 6.57. The van der Waals surface area contributed by atoms with E-state index in [0.717, 1.165) is 11.3 Å². The van der Waals surface area contributed by atoms with E-state index in [-0.39, 0.29) is 16.6 Å². The van der Waals surface area contributed by atoms with Crippen LogP contribution in [0.1, 0.15) is 28.5 Å². The molecule has 5 atom stereocenters. The zero-order valence-corrected chi connectivity index (χ0v) is 16.2. The predicted octanol–water partition coefficient (Wildman–Crippen LogP) is -0.131. The molecule has 0 unspecified atom stereocenters. The molecule has 2 amide bonds. The first-order valence-corrected chi connectivity index (χ1v) is 9.63. The maximum Gasteiger partial charge on any atom is 0.275 e. The molecule has 0 saturated carbocycles. The number of aliphatic hydroxyl groups excluding tert-OH is 4. The number of carbonyl (C=O) groups excluding carboxylic acids is 2. The quantitative estimate of drug-likeness (QED) is 0.388. The van der Waals surface area contributed by atoms with Crippen molar-refractivity contribution in [3.8, 4) is 0 Å². The van der Waals surface area contributed by atoms with E-state index in [1.165, 1.54) is 12.3 Å². The first-order chi connectivity index (χ1) is 13.8. The van der Waals surface area contributed by atoms with Crippen molar-refractivity contribution in [2.24, 2.45) is 0 Å². The number of rotatable bonds is 5. The SMILES string of the molecule is CC(=O)Nc1ccc(NC(=O)c2csc([C@@H]3O[C@H](CO)[C@H](O)[C@H](O)[C@H]3O)n2)cc1. The van der Waals surface area contributed by atoms with Gasteiger partial charge in [0, 0.05) is 23.7 Å². The fourth-order valence-corrected chi connectivity index (χ4v) is 3.74. The van der Waals surface area contributed by atoms with Gasteiger partial charge in [-0.25, -0.2) is 4.98 Å². The number of hydrogen-bond donors (Lipinski definition) is 6. The second-order valence-electron chi connectivity index (χ2n) is 6.53. The van der Waals surface area contributed by atoms with E-state index < -0.39 is 43.0 Å². The Hall–Kier alpha value is -2.41. The summed E-state index contributed by atoms with van der Waals surface area (Å²) in [5.74, 6) is -0.700. The number of aromatic nitrogens is 1. The Labute approximate surface area is 169 Å². The first kappa shape index (κ1) is 21.3. The van der Waals surface area contributed by atoms with Gasteiger partial charge in [-0.1, -0.05) is 0 Å². The zero-order chi connectivity index (χ0) is 21.1. The van der Waals surface area contributed by atoms with Crippen LogP contribution in [0.4, 0.5) is 11.4 Å². The summed E-state index contributed by atoms with van der Waals surface area (Å²) < 4.78 is 5.44. The van der Waals surface area contributed by atoms with E-state index in [0.29, 0.717) is 11.4 Å². The highest BCUT2D eigenvalue weighted by atomic mass is 32.1. The predicted molar refractivity (Wildman–Crippen MR) is 104 cm³/mol. The molecular weight excluding hydrogens is 402 g/mol. The summed E-state index contributed by atoms with van der Waals surface area (Å²) in [6, 6.07) is 6.51. The van der Waals surface area contributed by atoms with Crippen molar-refractivity contribution in [3.63, 3.8) is 0 Å². The van der Waals surface area contributed by atoms with Crippen LogP contribution < -0.4 is 10.6 Å². The molecule has 0 aliphatic carbocycles. The molecule has 0 spiro atoms. The first-order valence-electron chi connectivity index (χ1n) is 8.75. The minimum absolute atomic E-state index is 0.0768. The third-order valence-corrected chi connectivity index (χ3v) is 5.26. The van der Waals surface area contributed by atoms with Crippen molar-refractivity contribution in [2.45, 2.75) is 37.4 Å². The molecule has 1 aromatic heterocycles. The standard InChI is InChI=1S/C18H21N3O7S/c1-8(23)19-9-2-4-10(5-3-9)20-17(27)11-7-29-18(21-11)16-15(26)14(25)13(24)12(6-22)28-16/h2-5,7,12-16,22,24-26H,6H2,1H3,(H,19,23)(H,20,27)/t12-,13+,14+,15-,16-/m1/s1. The average Bonchev–Trinajstić information content (AvgIpc) is 3.18. The lowest BCUT2D eigenvalue weighted by Crippen LogP contribution is -2.55. The topological polar surface area (TPSA) is 161 Å². The summed E-state index contributed by atoms with van der Waals surface area (Å²) in [5.41, 5.74) is 1.16. The third-order valence-electron chi connectivity index (χ3n) is 4.35. The molecule has 1 saturated heterocycles. The molecule has 1 fully saturated rings. The van der Waals surface area contributed by atoms with Crippen LogP contribution in [-0.4, -0.2) is 68.2 Å². The molecule has 11 heteroatoms. The highest BCUT2D eigenvalue weighted by molar-refractivity contribution is 7.09. The monoisotopic (exact) mass is 423 g/mol. The number of anilines is 2. The van der Waals surface area contributed by atoms with Gasteiger partial charge in [0.25, 0.3) is 5.91 Å². The van der Waals surface area contributed by atoms with E-state index in [4.69, 9.17) is 4.74 Å². The number of carbonyl (C=O) groups is 2. The van der Waals surface area contributed by atoms with Gasteiger partial charge in [0.05, 0.1) is 6.61 Å². The molecule has 156 valence electrons. The fourth-order valence-electron chi connectivity index (χ4n) is 2.86. The van der Waals surface area contributed by atoms with Crippen molar-refractivity contribution in [1.82, 2.24) is 4.98 Å². The van der Waals surface area contributed by atoms with Crippen LogP contribution in [-0.2, 0) is 9.53 Å². The summed E-state index contributed by atoms with van der Waals surface area (Å²) in [5, 5.41) is 46.2. The van der Waals surface area contributed by atoms with Crippen LogP contribution in [0.15, 0.2) is 29.6 Å². The lowest BCUT2D eigenvalue weighted by molar-refractivity contribution is -0.231. The van der Waals surface area contributed by atoms with Crippen LogP contribution in [0.5, 0.6) is 0 Å². The molecule has 29 heavy (non-hydrogen) atoms. The number of aliphatic hydroxyl groups is 4. The second kappa shape index (κ2) is 8.95. The van der Waals surface area contributed by atoms with Gasteiger partial charge >= 0.3 is 0 Å². The summed E-state index contributed by atoms with van der Waals surface area (Å²) in [6.07, 6.45) is -6.59. The van der Waals surface area contributed by atoms with Gasteiger partial charge in [-0.2, -0.15) is 0 Å². The normalized spacial score (nSPS) is 26.7. The van der Waals surface area contributed by atoms with Crippen LogP contribution in [0, 0.1) is 0 Å². The minimum atomic E-state index is -1.52. The number of thiazole rings is 1. The van der Waals surface area contributed by atoms with E-state index in [1.54, 1.807) is 24.3 Å². The van der Waals surface area contributed by atoms with Crippen LogP contribution >= 0.6 is 11.3 Å². The Morgan fingerprint density at radius 2 is 1.69 bits per heavy atom. The maximum atomic E-state index is 12.4. The summed E-state index contributed by atoms with van der Waals surface area (Å²) in [6.45, 7) is 0.847. The Morgan fingerprint density at radius 1 is 1.07 bits per heavy atom. The number of amides is 2. The number of benzene rings is 1. The molecule has 1 aromatic carbocycles. The van der Waals surface area contributed by atoms with E-state index in [9.17, 15) is 30.0 Å². The largest absolute Gasteiger partial charge is 0.394 e. The second-order valence-corrected chi connectivity index (χ2v) is 7.42. The maximum absolute atomic E-state index is 12.4. The van der Waals surface area contributed by atoms with Gasteiger partial charge in [-0.3, -0.25) is 9.59 Å². The van der Waals surface area contributed by atoms with Crippen molar-refractivity contribution in [2.75, 3.05) is 17.2 Å². The minimum Gasteiger partial charge on any atom is -0.394 e. The molecule has 2 aromatic rings. The van der Waals surface area contributed by atoms with Gasteiger partial charge in [0.1, 0.15) is 41.2 Å². The van der Waals surface area contributed by atoms with Crippen molar-refractivity contribution in [1.29, 1.82) is 0 Å². The molecule has 0 bridgehead atoms. The van der Waals surface area contributed by atoms with Crippen molar-refractivity contribution in [3.05, 3.63) is 40.3 Å². The molecule has 10 nitrogen and oxygen atoms in total. The van der Waals surface area contributed by atoms with Crippen molar-refractivity contribution >= 4 is 34.5 Å². The third kappa shape index (κ3) is 4.78. The number of ether oxygens (including phenoxy) is 1. The highest BCUT2D eigenvalue weighted by Crippen LogP contribution is 2.34. The smallest absolute Gasteiger partial charge is 0.275 e. The van der Waals surface area contributed by atoms with Gasteiger partial charge in [-0.15, -0.1) is 11.3 Å². The van der Waals surface area contributed by atoms with Crippen LogP contribution in [0.3, 0.4) is 0 Å². The number of nitrogens with zero attached hydrogens (tertiary/aromatic N) is 1. The van der Waals surface area contributed by atoms with Gasteiger partial charge in [0.15, 0.2) is 0 Å². The molecular formula is C18H21N3O7S. The number of nitrogens with one attached hydrogen (secondary N) is 2. The van der Waals surface area contributed by atoms with Crippen LogP contribution in [0.25, 0.3) is 0 Å². The lowest BCUT2D eigenvalue weighted by Gasteiger charge is -2.39. The van der Waals surface area contributed by atoms with E-state index in [2.05, 4.69) is 15.6 Å². The van der Waals surface area contributed by atoms with Gasteiger partial charge < -0.3 is 35.8 Å². The van der Waals surface area contributed by atoms with Crippen LogP contribution in [0.2, 0.25) is 0 Å². The zero-order valence-electron chi connectivity index (χ0n) is 15.3. The lowest BCUT2D eigenvalue weighted by atomic mass is 9.95. The molecule has 2 heterocycles. The molecule has 0 radical (unpaired) electrons. The molecule has 1 aliphatic rings. The Morgan fingerprint density at radius 3 is 2.28 bits per heavy atom. The fraction of sp³-hybridized carbons (Fsp3) is 0.389. The van der Waals surface area contributed by atoms with Gasteiger partial charge in [0.2, 0.25) is 5.91 Å². The Bertz CT molecular complexity index is 871.